The lowest BCUT2D eigenvalue weighted by Crippen LogP contribution is -2.22. The van der Waals surface area contributed by atoms with Crippen molar-refractivity contribution in [3.63, 3.8) is 0 Å². The van der Waals surface area contributed by atoms with E-state index < -0.39 is 0 Å². The van der Waals surface area contributed by atoms with E-state index in [-0.39, 0.29) is 0 Å². The molecular formula is C11H15BrN2. The number of halogens is 1. The summed E-state index contributed by atoms with van der Waals surface area (Å²) in [7, 11) is 0. The molecule has 0 spiro atoms. The van der Waals surface area contributed by atoms with Gasteiger partial charge in [0.2, 0.25) is 0 Å². The second kappa shape index (κ2) is 5.94. The van der Waals surface area contributed by atoms with E-state index in [2.05, 4.69) is 52.2 Å². The van der Waals surface area contributed by atoms with Gasteiger partial charge in [-0.05, 0) is 27.6 Å². The SMILES string of the molecule is CC(C)NC/C=C/c1cncc(Br)c1. The molecule has 0 aliphatic heterocycles. The van der Waals surface area contributed by atoms with Gasteiger partial charge < -0.3 is 5.32 Å². The van der Waals surface area contributed by atoms with Crippen LogP contribution in [0.1, 0.15) is 19.4 Å². The predicted molar refractivity (Wildman–Crippen MR) is 64.1 cm³/mol. The van der Waals surface area contributed by atoms with Gasteiger partial charge in [0, 0.05) is 29.5 Å². The summed E-state index contributed by atoms with van der Waals surface area (Å²) in [5.41, 5.74) is 1.12. The first-order valence-corrected chi connectivity index (χ1v) is 5.48. The Morgan fingerprint density at radius 2 is 2.29 bits per heavy atom. The van der Waals surface area contributed by atoms with Gasteiger partial charge in [-0.3, -0.25) is 4.98 Å². The van der Waals surface area contributed by atoms with Crippen LogP contribution in [0, 0.1) is 0 Å². The molecule has 0 saturated carbocycles. The van der Waals surface area contributed by atoms with Crippen molar-refractivity contribution in [3.8, 4) is 0 Å². The number of hydrogen-bond acceptors (Lipinski definition) is 2. The molecular weight excluding hydrogens is 240 g/mol. The van der Waals surface area contributed by atoms with E-state index in [1.807, 2.05) is 12.3 Å². The molecule has 0 aliphatic rings. The summed E-state index contributed by atoms with van der Waals surface area (Å²) in [5.74, 6) is 0. The van der Waals surface area contributed by atoms with Gasteiger partial charge in [-0.25, -0.2) is 0 Å². The maximum atomic E-state index is 4.08. The third-order valence-corrected chi connectivity index (χ3v) is 2.11. The quantitative estimate of drug-likeness (QED) is 0.894. The van der Waals surface area contributed by atoms with E-state index in [0.717, 1.165) is 16.6 Å². The van der Waals surface area contributed by atoms with Gasteiger partial charge >= 0.3 is 0 Å². The van der Waals surface area contributed by atoms with Gasteiger partial charge in [0.15, 0.2) is 0 Å². The van der Waals surface area contributed by atoms with Crippen LogP contribution in [0.3, 0.4) is 0 Å². The van der Waals surface area contributed by atoms with Crippen LogP contribution in [0.2, 0.25) is 0 Å². The average molecular weight is 255 g/mol. The summed E-state index contributed by atoms with van der Waals surface area (Å²) in [4.78, 5) is 4.08. The Kier molecular flexibility index (Phi) is 4.84. The van der Waals surface area contributed by atoms with Crippen LogP contribution < -0.4 is 5.32 Å². The van der Waals surface area contributed by atoms with Crippen LogP contribution in [-0.4, -0.2) is 17.6 Å². The first-order valence-electron chi connectivity index (χ1n) is 4.69. The van der Waals surface area contributed by atoms with Gasteiger partial charge in [0.05, 0.1) is 0 Å². The molecule has 1 N–H and O–H groups in total. The fourth-order valence-corrected chi connectivity index (χ4v) is 1.40. The van der Waals surface area contributed by atoms with Crippen molar-refractivity contribution in [1.82, 2.24) is 10.3 Å². The number of nitrogens with zero attached hydrogens (tertiary/aromatic N) is 1. The topological polar surface area (TPSA) is 24.9 Å². The zero-order valence-corrected chi connectivity index (χ0v) is 10.1. The molecule has 2 nitrogen and oxygen atoms in total. The minimum Gasteiger partial charge on any atom is -0.311 e. The fraction of sp³-hybridized carbons (Fsp3) is 0.364. The minimum atomic E-state index is 0.528. The fourth-order valence-electron chi connectivity index (χ4n) is 1.02. The number of pyridine rings is 1. The Bertz CT molecular complexity index is 308. The van der Waals surface area contributed by atoms with E-state index in [1.54, 1.807) is 6.20 Å². The Balaban J connectivity index is 2.44. The molecule has 3 heteroatoms. The largest absolute Gasteiger partial charge is 0.311 e. The molecule has 1 heterocycles. The molecule has 0 unspecified atom stereocenters. The lowest BCUT2D eigenvalue weighted by Gasteiger charge is -2.03. The van der Waals surface area contributed by atoms with Gasteiger partial charge in [-0.2, -0.15) is 0 Å². The molecule has 0 bridgehead atoms. The van der Waals surface area contributed by atoms with Crippen molar-refractivity contribution >= 4 is 22.0 Å². The zero-order chi connectivity index (χ0) is 10.4. The second-order valence-electron chi connectivity index (χ2n) is 3.40. The molecule has 0 radical (unpaired) electrons. The van der Waals surface area contributed by atoms with Crippen LogP contribution >= 0.6 is 15.9 Å². The van der Waals surface area contributed by atoms with E-state index in [4.69, 9.17) is 0 Å². The Labute approximate surface area is 93.6 Å². The van der Waals surface area contributed by atoms with Crippen LogP contribution in [0.5, 0.6) is 0 Å². The van der Waals surface area contributed by atoms with Gasteiger partial charge in [0.1, 0.15) is 0 Å². The van der Waals surface area contributed by atoms with Crippen LogP contribution in [0.25, 0.3) is 6.08 Å². The molecule has 0 amide bonds. The average Bonchev–Trinajstić information content (AvgIpc) is 2.12. The third-order valence-electron chi connectivity index (χ3n) is 1.68. The first-order chi connectivity index (χ1) is 6.68. The standard InChI is InChI=1S/C11H15BrN2/c1-9(2)14-5-3-4-10-6-11(12)8-13-7-10/h3-4,6-9,14H,5H2,1-2H3/b4-3+. The van der Waals surface area contributed by atoms with Crippen molar-refractivity contribution in [1.29, 1.82) is 0 Å². The van der Waals surface area contributed by atoms with E-state index in [1.165, 1.54) is 0 Å². The first kappa shape index (κ1) is 11.4. The highest BCUT2D eigenvalue weighted by Gasteiger charge is 1.90. The molecule has 0 aliphatic carbocycles. The molecule has 1 aromatic heterocycles. The Hall–Kier alpha value is -0.670. The molecule has 1 rings (SSSR count). The van der Waals surface area contributed by atoms with E-state index in [0.29, 0.717) is 6.04 Å². The monoisotopic (exact) mass is 254 g/mol. The highest BCUT2D eigenvalue weighted by atomic mass is 79.9. The van der Waals surface area contributed by atoms with Gasteiger partial charge in [-0.15, -0.1) is 0 Å². The van der Waals surface area contributed by atoms with Gasteiger partial charge in [-0.1, -0.05) is 26.0 Å². The predicted octanol–water partition coefficient (Wildman–Crippen LogP) is 2.86. The van der Waals surface area contributed by atoms with Gasteiger partial charge in [0.25, 0.3) is 0 Å². The number of nitrogens with one attached hydrogen (secondary N) is 1. The summed E-state index contributed by atoms with van der Waals surface area (Å²) in [5, 5.41) is 3.31. The highest BCUT2D eigenvalue weighted by Crippen LogP contribution is 2.10. The second-order valence-corrected chi connectivity index (χ2v) is 4.32. The molecule has 0 fully saturated rings. The lowest BCUT2D eigenvalue weighted by molar-refractivity contribution is 0.633. The lowest BCUT2D eigenvalue weighted by atomic mass is 10.2. The zero-order valence-electron chi connectivity index (χ0n) is 8.50. The summed E-state index contributed by atoms with van der Waals surface area (Å²) in [6, 6.07) is 2.57. The maximum Gasteiger partial charge on any atom is 0.0410 e. The number of aromatic nitrogens is 1. The number of hydrogen-bond donors (Lipinski definition) is 1. The van der Waals surface area contributed by atoms with Crippen molar-refractivity contribution in [2.24, 2.45) is 0 Å². The maximum absolute atomic E-state index is 4.08. The molecule has 0 saturated heterocycles. The minimum absolute atomic E-state index is 0.528. The summed E-state index contributed by atoms with van der Waals surface area (Å²) in [6.45, 7) is 5.16. The van der Waals surface area contributed by atoms with Crippen molar-refractivity contribution in [2.45, 2.75) is 19.9 Å². The molecule has 76 valence electrons. The normalized spacial score (nSPS) is 11.4. The Morgan fingerprint density at radius 3 is 2.93 bits per heavy atom. The molecule has 14 heavy (non-hydrogen) atoms. The molecule has 0 atom stereocenters. The smallest absolute Gasteiger partial charge is 0.0410 e. The van der Waals surface area contributed by atoms with Crippen LogP contribution in [0.4, 0.5) is 0 Å². The Morgan fingerprint density at radius 1 is 1.50 bits per heavy atom. The third kappa shape index (κ3) is 4.53. The van der Waals surface area contributed by atoms with Crippen LogP contribution in [0.15, 0.2) is 29.0 Å². The van der Waals surface area contributed by atoms with Crippen LogP contribution in [-0.2, 0) is 0 Å². The highest BCUT2D eigenvalue weighted by molar-refractivity contribution is 9.10. The van der Waals surface area contributed by atoms with E-state index >= 15 is 0 Å². The summed E-state index contributed by atoms with van der Waals surface area (Å²) < 4.78 is 1.01. The molecule has 1 aromatic rings. The van der Waals surface area contributed by atoms with Crippen molar-refractivity contribution < 1.29 is 0 Å². The van der Waals surface area contributed by atoms with E-state index in [9.17, 15) is 0 Å². The summed E-state index contributed by atoms with van der Waals surface area (Å²) in [6.07, 6.45) is 7.79. The van der Waals surface area contributed by atoms with Crippen molar-refractivity contribution in [2.75, 3.05) is 6.54 Å². The summed E-state index contributed by atoms with van der Waals surface area (Å²) >= 11 is 3.38. The number of rotatable bonds is 4. The molecule has 0 aromatic carbocycles. The van der Waals surface area contributed by atoms with Crippen molar-refractivity contribution in [3.05, 3.63) is 34.6 Å².